The smallest absolute Gasteiger partial charge is 0.332 e. The zero-order valence-corrected chi connectivity index (χ0v) is 9.53. The van der Waals surface area contributed by atoms with Crippen LogP contribution < -0.4 is 11.2 Å². The maximum Gasteiger partial charge on any atom is 0.332 e. The minimum Gasteiger partial charge on any atom is -0.350 e. The lowest BCUT2D eigenvalue weighted by Gasteiger charge is -1.95. The molecule has 0 saturated carbocycles. The largest absolute Gasteiger partial charge is 0.350 e. The zero-order chi connectivity index (χ0) is 12.0. The highest BCUT2D eigenvalue weighted by Gasteiger charge is 1.90. The van der Waals surface area contributed by atoms with Crippen LogP contribution >= 0.6 is 11.6 Å². The molecule has 0 aliphatic carbocycles. The number of benzene rings is 1. The Bertz CT molecular complexity index is 423. The number of hydrazone groups is 1. The molecule has 3 N–H and O–H groups in total. The molecule has 0 fully saturated rings. The van der Waals surface area contributed by atoms with E-state index in [1.807, 2.05) is 18.2 Å². The van der Waals surface area contributed by atoms with Crippen molar-refractivity contribution in [3.05, 3.63) is 40.9 Å². The number of carbonyl (C=O) groups is 1. The topological polar surface area (TPSA) is 67.5 Å². The van der Waals surface area contributed by atoms with Gasteiger partial charge in [0.05, 0.1) is 5.71 Å². The van der Waals surface area contributed by atoms with Gasteiger partial charge in [0.15, 0.2) is 0 Å². The third-order valence-electron chi connectivity index (χ3n) is 1.73. The number of halogens is 1. The molecule has 84 valence electrons. The molecule has 0 aromatic heterocycles. The summed E-state index contributed by atoms with van der Waals surface area (Å²) >= 11 is 5.75. The molecule has 2 amide bonds. The number of carbonyl (C=O) groups excluding carboxylic acids is 1. The van der Waals surface area contributed by atoms with E-state index in [4.69, 9.17) is 17.3 Å². The number of primary amides is 1. The quantitative estimate of drug-likeness (QED) is 0.615. The van der Waals surface area contributed by atoms with Crippen LogP contribution in [0, 0.1) is 0 Å². The van der Waals surface area contributed by atoms with Crippen LogP contribution in [0.25, 0.3) is 6.08 Å². The number of nitrogens with two attached hydrogens (primary N) is 1. The summed E-state index contributed by atoms with van der Waals surface area (Å²) in [6.07, 6.45) is 3.62. The summed E-state index contributed by atoms with van der Waals surface area (Å²) in [5, 5.41) is 4.43. The van der Waals surface area contributed by atoms with Crippen molar-refractivity contribution in [2.75, 3.05) is 0 Å². The number of urea groups is 1. The molecule has 0 radical (unpaired) electrons. The van der Waals surface area contributed by atoms with E-state index in [0.717, 1.165) is 5.56 Å². The number of nitrogens with zero attached hydrogens (tertiary/aromatic N) is 1. The van der Waals surface area contributed by atoms with E-state index < -0.39 is 6.03 Å². The Labute approximate surface area is 98.8 Å². The molecule has 1 rings (SSSR count). The Hall–Kier alpha value is -1.81. The number of rotatable bonds is 3. The summed E-state index contributed by atoms with van der Waals surface area (Å²) in [5.41, 5.74) is 8.66. The second kappa shape index (κ2) is 5.92. The van der Waals surface area contributed by atoms with Crippen LogP contribution in [0.3, 0.4) is 0 Å². The van der Waals surface area contributed by atoms with Crippen LogP contribution in [-0.2, 0) is 0 Å². The van der Waals surface area contributed by atoms with Gasteiger partial charge >= 0.3 is 6.03 Å². The van der Waals surface area contributed by atoms with Crippen LogP contribution in [0.2, 0.25) is 5.02 Å². The van der Waals surface area contributed by atoms with Gasteiger partial charge in [-0.15, -0.1) is 0 Å². The number of hydrogen-bond donors (Lipinski definition) is 2. The number of allylic oxidation sites excluding steroid dienone is 1. The molecule has 0 aliphatic heterocycles. The fourth-order valence-corrected chi connectivity index (χ4v) is 1.10. The Morgan fingerprint density at radius 1 is 1.44 bits per heavy atom. The van der Waals surface area contributed by atoms with Crippen LogP contribution in [0.5, 0.6) is 0 Å². The van der Waals surface area contributed by atoms with Crippen molar-refractivity contribution < 1.29 is 4.79 Å². The van der Waals surface area contributed by atoms with Gasteiger partial charge in [-0.3, -0.25) is 0 Å². The van der Waals surface area contributed by atoms with Gasteiger partial charge in [0.25, 0.3) is 0 Å². The molecule has 1 aromatic rings. The van der Waals surface area contributed by atoms with E-state index in [-0.39, 0.29) is 0 Å². The van der Waals surface area contributed by atoms with Crippen molar-refractivity contribution >= 4 is 29.4 Å². The normalized spacial score (nSPS) is 11.8. The predicted molar refractivity (Wildman–Crippen MR) is 66.3 cm³/mol. The average Bonchev–Trinajstić information content (AvgIpc) is 2.25. The van der Waals surface area contributed by atoms with Gasteiger partial charge in [-0.2, -0.15) is 5.10 Å². The standard InChI is InChI=1S/C11H12ClN3O/c1-8(14-15-11(13)16)2-3-9-4-6-10(12)7-5-9/h2-7H,1H3,(H3,13,15,16)/b3-2-,14-8+. The summed E-state index contributed by atoms with van der Waals surface area (Å²) in [4.78, 5) is 10.4. The van der Waals surface area contributed by atoms with E-state index in [0.29, 0.717) is 10.7 Å². The minimum atomic E-state index is -0.681. The lowest BCUT2D eigenvalue weighted by Crippen LogP contribution is -2.25. The first-order valence-corrected chi connectivity index (χ1v) is 4.99. The first-order valence-electron chi connectivity index (χ1n) is 4.61. The maximum atomic E-state index is 10.4. The van der Waals surface area contributed by atoms with Crippen LogP contribution in [-0.4, -0.2) is 11.7 Å². The summed E-state index contributed by atoms with van der Waals surface area (Å²) in [6.45, 7) is 1.75. The van der Waals surface area contributed by atoms with Gasteiger partial charge in [-0.25, -0.2) is 10.2 Å². The van der Waals surface area contributed by atoms with E-state index >= 15 is 0 Å². The van der Waals surface area contributed by atoms with Crippen LogP contribution in [0.1, 0.15) is 12.5 Å². The van der Waals surface area contributed by atoms with Crippen molar-refractivity contribution in [2.24, 2.45) is 10.8 Å². The number of hydrogen-bond acceptors (Lipinski definition) is 2. The highest BCUT2D eigenvalue weighted by Crippen LogP contribution is 2.10. The van der Waals surface area contributed by atoms with E-state index in [9.17, 15) is 4.79 Å². The SMILES string of the molecule is CC(/C=C\c1ccc(Cl)cc1)=N\NC(N)=O. The highest BCUT2D eigenvalue weighted by atomic mass is 35.5. The number of amides is 2. The lowest BCUT2D eigenvalue weighted by atomic mass is 10.2. The third kappa shape index (κ3) is 4.61. The van der Waals surface area contributed by atoms with Gasteiger partial charge in [-0.05, 0) is 30.7 Å². The summed E-state index contributed by atoms with van der Waals surface area (Å²) in [7, 11) is 0. The van der Waals surface area contributed by atoms with Gasteiger partial charge in [-0.1, -0.05) is 29.8 Å². The fourth-order valence-electron chi connectivity index (χ4n) is 0.971. The molecule has 16 heavy (non-hydrogen) atoms. The first-order chi connectivity index (χ1) is 7.58. The average molecular weight is 238 g/mol. The number of nitrogens with one attached hydrogen (secondary N) is 1. The van der Waals surface area contributed by atoms with Gasteiger partial charge in [0, 0.05) is 5.02 Å². The molecule has 0 spiro atoms. The predicted octanol–water partition coefficient (Wildman–Crippen LogP) is 2.40. The Morgan fingerprint density at radius 2 is 2.06 bits per heavy atom. The second-order valence-corrected chi connectivity index (χ2v) is 3.55. The van der Waals surface area contributed by atoms with Crippen molar-refractivity contribution in [1.82, 2.24) is 5.43 Å². The van der Waals surface area contributed by atoms with Gasteiger partial charge in [0.1, 0.15) is 0 Å². The van der Waals surface area contributed by atoms with Crippen molar-refractivity contribution in [2.45, 2.75) is 6.92 Å². The van der Waals surface area contributed by atoms with Crippen molar-refractivity contribution in [1.29, 1.82) is 0 Å². The highest BCUT2D eigenvalue weighted by molar-refractivity contribution is 6.30. The maximum absolute atomic E-state index is 10.4. The Kier molecular flexibility index (Phi) is 4.54. The minimum absolute atomic E-state index is 0.647. The van der Waals surface area contributed by atoms with Crippen molar-refractivity contribution in [3.63, 3.8) is 0 Å². The van der Waals surface area contributed by atoms with Crippen molar-refractivity contribution in [3.8, 4) is 0 Å². The molecule has 0 unspecified atom stereocenters. The molecule has 0 heterocycles. The van der Waals surface area contributed by atoms with Crippen LogP contribution in [0.4, 0.5) is 4.79 Å². The molecule has 0 saturated heterocycles. The molecule has 0 atom stereocenters. The molecule has 1 aromatic carbocycles. The summed E-state index contributed by atoms with van der Waals surface area (Å²) < 4.78 is 0. The van der Waals surface area contributed by atoms with Crippen LogP contribution in [0.15, 0.2) is 35.4 Å². The lowest BCUT2D eigenvalue weighted by molar-refractivity contribution is 0.249. The molecule has 0 aliphatic rings. The summed E-state index contributed by atoms with van der Waals surface area (Å²) in [5.74, 6) is 0. The molecular weight excluding hydrogens is 226 g/mol. The van der Waals surface area contributed by atoms with Gasteiger partial charge in [0.2, 0.25) is 0 Å². The zero-order valence-electron chi connectivity index (χ0n) is 8.77. The molecular formula is C11H12ClN3O. The van der Waals surface area contributed by atoms with E-state index in [1.54, 1.807) is 25.1 Å². The van der Waals surface area contributed by atoms with E-state index in [1.165, 1.54) is 0 Å². The molecule has 5 heteroatoms. The second-order valence-electron chi connectivity index (χ2n) is 3.11. The third-order valence-corrected chi connectivity index (χ3v) is 1.98. The van der Waals surface area contributed by atoms with E-state index in [2.05, 4.69) is 10.5 Å². The Balaban J connectivity index is 2.62. The molecule has 0 bridgehead atoms. The first kappa shape index (κ1) is 12.3. The Morgan fingerprint density at radius 3 is 2.62 bits per heavy atom. The summed E-state index contributed by atoms with van der Waals surface area (Å²) in [6, 6.07) is 6.69. The van der Waals surface area contributed by atoms with Gasteiger partial charge < -0.3 is 5.73 Å². The molecule has 4 nitrogen and oxygen atoms in total. The monoisotopic (exact) mass is 237 g/mol. The fraction of sp³-hybridized carbons (Fsp3) is 0.0909.